The van der Waals surface area contributed by atoms with Crippen molar-refractivity contribution in [2.45, 2.75) is 17.3 Å². The fraction of sp³-hybridized carbons (Fsp3) is 0.125. The third-order valence-corrected chi connectivity index (χ3v) is 5.05. The molecule has 0 bridgehead atoms. The molecule has 3 rings (SSSR count). The van der Waals surface area contributed by atoms with E-state index in [1.165, 1.54) is 34.6 Å². The Morgan fingerprint density at radius 2 is 2.04 bits per heavy atom. The van der Waals surface area contributed by atoms with Gasteiger partial charge in [-0.3, -0.25) is 14.9 Å². The van der Waals surface area contributed by atoms with Crippen LogP contribution >= 0.6 is 27.7 Å². The number of nitrogens with zero attached hydrogens (tertiary/aromatic N) is 5. The van der Waals surface area contributed by atoms with Gasteiger partial charge in [0.1, 0.15) is 0 Å². The summed E-state index contributed by atoms with van der Waals surface area (Å²) in [5.74, 6) is -0.314. The number of carbonyl (C=O) groups is 1. The number of halogens is 1. The number of thioether (sulfide) groups is 1. The van der Waals surface area contributed by atoms with E-state index in [9.17, 15) is 14.9 Å². The van der Waals surface area contributed by atoms with Crippen LogP contribution in [0.3, 0.4) is 0 Å². The first kappa shape index (κ1) is 19.0. The van der Waals surface area contributed by atoms with Gasteiger partial charge in [-0.15, -0.1) is 5.10 Å². The first-order chi connectivity index (χ1) is 12.9. The van der Waals surface area contributed by atoms with Crippen molar-refractivity contribution in [1.82, 2.24) is 20.2 Å². The second-order valence-electron chi connectivity index (χ2n) is 5.41. The Morgan fingerprint density at radius 1 is 1.30 bits per heavy atom. The lowest BCUT2D eigenvalue weighted by Crippen LogP contribution is -2.23. The maximum absolute atomic E-state index is 12.4. The molecule has 9 nitrogen and oxygen atoms in total. The van der Waals surface area contributed by atoms with Crippen molar-refractivity contribution in [1.29, 1.82) is 0 Å². The summed E-state index contributed by atoms with van der Waals surface area (Å²) in [5, 5.41) is 25.0. The number of amides is 1. The Hall–Kier alpha value is -2.79. The summed E-state index contributed by atoms with van der Waals surface area (Å²) < 4.78 is 2.46. The Bertz CT molecular complexity index is 978. The summed E-state index contributed by atoms with van der Waals surface area (Å²) in [6.45, 7) is 1.71. The number of anilines is 1. The third kappa shape index (κ3) is 4.68. The van der Waals surface area contributed by atoms with Crippen LogP contribution in [0.25, 0.3) is 5.69 Å². The smallest absolute Gasteiger partial charge is 0.271 e. The lowest BCUT2D eigenvalue weighted by Gasteiger charge is -2.11. The molecule has 1 heterocycles. The highest BCUT2D eigenvalue weighted by molar-refractivity contribution is 9.10. The van der Waals surface area contributed by atoms with Gasteiger partial charge in [-0.2, -0.15) is 4.68 Å². The minimum absolute atomic E-state index is 0.0905. The Labute approximate surface area is 166 Å². The lowest BCUT2D eigenvalue weighted by molar-refractivity contribution is -0.384. The zero-order valence-corrected chi connectivity index (χ0v) is 16.3. The largest absolute Gasteiger partial charge is 0.325 e. The zero-order valence-electron chi connectivity index (χ0n) is 13.9. The van der Waals surface area contributed by atoms with E-state index in [2.05, 4.69) is 36.8 Å². The van der Waals surface area contributed by atoms with E-state index in [4.69, 9.17) is 0 Å². The zero-order chi connectivity index (χ0) is 19.4. The van der Waals surface area contributed by atoms with Crippen LogP contribution in [0.5, 0.6) is 0 Å². The molecule has 0 aliphatic rings. The molecule has 1 atom stereocenters. The molecule has 3 aromatic rings. The van der Waals surface area contributed by atoms with E-state index >= 15 is 0 Å². The van der Waals surface area contributed by atoms with Gasteiger partial charge in [0.05, 0.1) is 15.9 Å². The molecular formula is C16H13BrN6O3S. The Morgan fingerprint density at radius 3 is 2.74 bits per heavy atom. The molecule has 0 aliphatic heterocycles. The van der Waals surface area contributed by atoms with Gasteiger partial charge < -0.3 is 5.32 Å². The van der Waals surface area contributed by atoms with Gasteiger partial charge in [0.15, 0.2) is 0 Å². The summed E-state index contributed by atoms with van der Waals surface area (Å²) in [7, 11) is 0. The van der Waals surface area contributed by atoms with E-state index in [0.29, 0.717) is 10.8 Å². The van der Waals surface area contributed by atoms with Crippen molar-refractivity contribution in [3.8, 4) is 5.69 Å². The molecule has 0 saturated heterocycles. The third-order valence-electron chi connectivity index (χ3n) is 3.49. The predicted molar refractivity (Wildman–Crippen MR) is 104 cm³/mol. The molecule has 1 aromatic heterocycles. The van der Waals surface area contributed by atoms with E-state index in [0.717, 1.165) is 10.2 Å². The molecule has 27 heavy (non-hydrogen) atoms. The van der Waals surface area contributed by atoms with E-state index < -0.39 is 10.2 Å². The maximum Gasteiger partial charge on any atom is 0.271 e. The van der Waals surface area contributed by atoms with Crippen LogP contribution in [0.15, 0.2) is 58.2 Å². The van der Waals surface area contributed by atoms with E-state index in [-0.39, 0.29) is 11.6 Å². The van der Waals surface area contributed by atoms with Crippen LogP contribution in [-0.4, -0.2) is 36.3 Å². The summed E-state index contributed by atoms with van der Waals surface area (Å²) >= 11 is 4.55. The second-order valence-corrected chi connectivity index (χ2v) is 7.63. The van der Waals surface area contributed by atoms with Crippen LogP contribution in [-0.2, 0) is 4.79 Å². The molecule has 0 aliphatic carbocycles. The first-order valence-electron chi connectivity index (χ1n) is 7.70. The molecule has 1 N–H and O–H groups in total. The normalized spacial score (nSPS) is 11.8. The predicted octanol–water partition coefficient (Wildman–Crippen LogP) is 3.45. The summed E-state index contributed by atoms with van der Waals surface area (Å²) in [6, 6.07) is 13.2. The van der Waals surface area contributed by atoms with Gasteiger partial charge in [-0.05, 0) is 47.7 Å². The van der Waals surface area contributed by atoms with Crippen molar-refractivity contribution in [2.75, 3.05) is 5.32 Å². The molecule has 0 saturated carbocycles. The number of non-ortho nitro benzene ring substituents is 1. The molecule has 1 unspecified atom stereocenters. The molecule has 138 valence electrons. The summed E-state index contributed by atoms with van der Waals surface area (Å²) in [5.41, 5.74) is 1.03. The van der Waals surface area contributed by atoms with Crippen molar-refractivity contribution in [2.24, 2.45) is 0 Å². The molecule has 0 radical (unpaired) electrons. The standard InChI is InChI=1S/C16H13BrN6O3S/c1-10(15(24)18-12-3-2-4-14(9-12)23(25)26)27-16-19-20-21-22(16)13-7-5-11(17)6-8-13/h2-10H,1H3,(H,18,24). The number of rotatable bonds is 6. The van der Waals surface area contributed by atoms with Crippen LogP contribution < -0.4 is 5.32 Å². The average Bonchev–Trinajstić information content (AvgIpc) is 3.10. The minimum Gasteiger partial charge on any atom is -0.325 e. The van der Waals surface area contributed by atoms with Crippen LogP contribution in [0.2, 0.25) is 0 Å². The summed E-state index contributed by atoms with van der Waals surface area (Å²) in [6.07, 6.45) is 0. The average molecular weight is 449 g/mol. The highest BCUT2D eigenvalue weighted by Gasteiger charge is 2.20. The molecule has 1 amide bonds. The van der Waals surface area contributed by atoms with Crippen molar-refractivity contribution >= 4 is 45.0 Å². The molecule has 0 spiro atoms. The monoisotopic (exact) mass is 448 g/mol. The highest BCUT2D eigenvalue weighted by atomic mass is 79.9. The second kappa shape index (κ2) is 8.27. The molecular weight excluding hydrogens is 436 g/mol. The van der Waals surface area contributed by atoms with Crippen molar-refractivity contribution < 1.29 is 9.72 Å². The maximum atomic E-state index is 12.4. The fourth-order valence-electron chi connectivity index (χ4n) is 2.15. The van der Waals surface area contributed by atoms with Gasteiger partial charge in [0, 0.05) is 22.3 Å². The number of tetrazole rings is 1. The molecule has 11 heteroatoms. The fourth-order valence-corrected chi connectivity index (χ4v) is 3.22. The van der Waals surface area contributed by atoms with Crippen molar-refractivity contribution in [3.63, 3.8) is 0 Å². The minimum atomic E-state index is -0.524. The van der Waals surface area contributed by atoms with Crippen LogP contribution in [0.1, 0.15) is 6.92 Å². The number of nitro benzene ring substituents is 1. The summed E-state index contributed by atoms with van der Waals surface area (Å²) in [4.78, 5) is 22.8. The van der Waals surface area contributed by atoms with Gasteiger partial charge in [-0.1, -0.05) is 33.8 Å². The Balaban J connectivity index is 1.71. The van der Waals surface area contributed by atoms with E-state index in [1.54, 1.807) is 13.0 Å². The number of nitrogens with one attached hydrogen (secondary N) is 1. The van der Waals surface area contributed by atoms with Gasteiger partial charge in [0.2, 0.25) is 11.1 Å². The number of nitro groups is 1. The van der Waals surface area contributed by atoms with Crippen LogP contribution in [0, 0.1) is 10.1 Å². The number of hydrogen-bond acceptors (Lipinski definition) is 7. The van der Waals surface area contributed by atoms with Gasteiger partial charge >= 0.3 is 0 Å². The topological polar surface area (TPSA) is 116 Å². The Kier molecular flexibility index (Phi) is 5.81. The molecule has 0 fully saturated rings. The number of benzene rings is 2. The first-order valence-corrected chi connectivity index (χ1v) is 9.37. The van der Waals surface area contributed by atoms with Crippen LogP contribution in [0.4, 0.5) is 11.4 Å². The number of carbonyl (C=O) groups excluding carboxylic acids is 1. The highest BCUT2D eigenvalue weighted by Crippen LogP contribution is 2.25. The van der Waals surface area contributed by atoms with Gasteiger partial charge in [0.25, 0.3) is 5.69 Å². The van der Waals surface area contributed by atoms with E-state index in [1.807, 2.05) is 24.3 Å². The number of hydrogen-bond donors (Lipinski definition) is 1. The van der Waals surface area contributed by atoms with Gasteiger partial charge in [-0.25, -0.2) is 0 Å². The molecule has 2 aromatic carbocycles. The number of aromatic nitrogens is 4. The quantitative estimate of drug-likeness (QED) is 0.348. The SMILES string of the molecule is CC(Sc1nnnn1-c1ccc(Br)cc1)C(=O)Nc1cccc([N+](=O)[O-])c1. The lowest BCUT2D eigenvalue weighted by atomic mass is 10.2. The van der Waals surface area contributed by atoms with Crippen molar-refractivity contribution in [3.05, 3.63) is 63.1 Å².